The van der Waals surface area contributed by atoms with Crippen LogP contribution in [0.4, 0.5) is 11.4 Å². The number of fused-ring (bicyclic) bond motifs is 3. The lowest BCUT2D eigenvalue weighted by Crippen LogP contribution is -2.33. The number of nitrogens with one attached hydrogen (secondary N) is 1. The molecule has 4 aromatic rings. The van der Waals surface area contributed by atoms with Crippen molar-refractivity contribution in [2.24, 2.45) is 0 Å². The van der Waals surface area contributed by atoms with Gasteiger partial charge in [-0.2, -0.15) is 0 Å². The molecule has 0 fully saturated rings. The first-order chi connectivity index (χ1) is 13.5. The molecule has 138 valence electrons. The molecule has 0 saturated heterocycles. The zero-order valence-corrected chi connectivity index (χ0v) is 15.2. The minimum absolute atomic E-state index is 0.375. The van der Waals surface area contributed by atoms with Gasteiger partial charge in [0.2, 0.25) is 5.91 Å². The van der Waals surface area contributed by atoms with Gasteiger partial charge in [-0.05, 0) is 42.5 Å². The van der Waals surface area contributed by atoms with Gasteiger partial charge in [0.1, 0.15) is 0 Å². The smallest absolute Gasteiger partial charge is 0.257 e. The number of nitrogens with zero attached hydrogens (tertiary/aromatic N) is 2. The maximum Gasteiger partial charge on any atom is 0.257 e. The number of rotatable bonds is 3. The van der Waals surface area contributed by atoms with E-state index in [2.05, 4.69) is 9.97 Å². The maximum atomic E-state index is 12.6. The number of aromatic nitrogens is 2. The Morgan fingerprint density at radius 2 is 1.79 bits per heavy atom. The quantitative estimate of drug-likeness (QED) is 0.423. The molecule has 2 amide bonds. The van der Waals surface area contributed by atoms with Crippen LogP contribution in [0.3, 0.4) is 0 Å². The Hall–Kier alpha value is -3.93. The average molecular weight is 370 g/mol. The molecular weight excluding hydrogens is 352 g/mol. The fourth-order valence-electron chi connectivity index (χ4n) is 3.18. The molecule has 0 radical (unpaired) electrons. The Kier molecular flexibility index (Phi) is 4.37. The predicted molar refractivity (Wildman–Crippen MR) is 112 cm³/mol. The first kappa shape index (κ1) is 17.5. The number of pyridine rings is 1. The summed E-state index contributed by atoms with van der Waals surface area (Å²) >= 11 is 0. The van der Waals surface area contributed by atoms with Crippen LogP contribution in [0.5, 0.6) is 0 Å². The summed E-state index contributed by atoms with van der Waals surface area (Å²) in [5.41, 5.74) is 9.30. The summed E-state index contributed by atoms with van der Waals surface area (Å²) in [6.07, 6.45) is 4.69. The molecule has 0 bridgehead atoms. The number of anilines is 2. The fourth-order valence-corrected chi connectivity index (χ4v) is 3.18. The van der Waals surface area contributed by atoms with E-state index in [1.54, 1.807) is 36.5 Å². The number of hydrogen-bond donors (Lipinski definition) is 2. The Morgan fingerprint density at radius 3 is 2.54 bits per heavy atom. The topological polar surface area (TPSA) is 92.1 Å². The van der Waals surface area contributed by atoms with Crippen molar-refractivity contribution in [1.29, 1.82) is 0 Å². The summed E-state index contributed by atoms with van der Waals surface area (Å²) in [6, 6.07) is 16.5. The van der Waals surface area contributed by atoms with Crippen LogP contribution < -0.4 is 10.6 Å². The van der Waals surface area contributed by atoms with Crippen molar-refractivity contribution in [3.05, 3.63) is 72.6 Å². The SMILES string of the molecule is CC(=O)N(C(=O)/C=C/c1cc2c(cn1)[nH]c1ccccc12)c1ccc(N)cc1. The number of H-pyrrole nitrogens is 1. The third-order valence-electron chi connectivity index (χ3n) is 4.49. The third kappa shape index (κ3) is 3.23. The highest BCUT2D eigenvalue weighted by atomic mass is 16.2. The predicted octanol–water partition coefficient (Wildman–Crippen LogP) is 3.89. The van der Waals surface area contributed by atoms with Gasteiger partial charge >= 0.3 is 0 Å². The molecule has 2 heterocycles. The number of hydrogen-bond acceptors (Lipinski definition) is 4. The van der Waals surface area contributed by atoms with Crippen molar-refractivity contribution in [3.63, 3.8) is 0 Å². The van der Waals surface area contributed by atoms with Crippen LogP contribution in [0, 0.1) is 0 Å². The molecule has 2 aromatic heterocycles. The van der Waals surface area contributed by atoms with Gasteiger partial charge in [-0.25, -0.2) is 4.90 Å². The lowest BCUT2D eigenvalue weighted by molar-refractivity contribution is -0.122. The van der Waals surface area contributed by atoms with E-state index in [-0.39, 0.29) is 5.91 Å². The fraction of sp³-hybridized carbons (Fsp3) is 0.0455. The highest BCUT2D eigenvalue weighted by Gasteiger charge is 2.17. The standard InChI is InChI=1S/C22H18N4O2/c1-14(27)26(17-9-6-15(23)7-10-17)22(28)11-8-16-12-19-18-4-2-3-5-20(18)25-21(19)13-24-16/h2-13,25H,23H2,1H3/b11-8+. The summed E-state index contributed by atoms with van der Waals surface area (Å²) in [6.45, 7) is 1.35. The van der Waals surface area contributed by atoms with Crippen LogP contribution in [0.25, 0.3) is 27.9 Å². The van der Waals surface area contributed by atoms with Crippen LogP contribution in [0.2, 0.25) is 0 Å². The number of nitrogen functional groups attached to an aromatic ring is 1. The van der Waals surface area contributed by atoms with Gasteiger partial charge in [0, 0.05) is 35.0 Å². The van der Waals surface area contributed by atoms with Gasteiger partial charge < -0.3 is 10.7 Å². The van der Waals surface area contributed by atoms with Crippen molar-refractivity contribution in [3.8, 4) is 0 Å². The molecule has 28 heavy (non-hydrogen) atoms. The van der Waals surface area contributed by atoms with E-state index in [1.165, 1.54) is 13.0 Å². The van der Waals surface area contributed by atoms with E-state index in [0.717, 1.165) is 26.7 Å². The van der Waals surface area contributed by atoms with Crippen molar-refractivity contribution in [1.82, 2.24) is 9.97 Å². The second-order valence-corrected chi connectivity index (χ2v) is 6.44. The molecule has 0 unspecified atom stereocenters. The van der Waals surface area contributed by atoms with E-state index in [4.69, 9.17) is 5.73 Å². The average Bonchev–Trinajstić information content (AvgIpc) is 3.06. The normalized spacial score (nSPS) is 11.3. The third-order valence-corrected chi connectivity index (χ3v) is 4.49. The Bertz CT molecular complexity index is 1220. The van der Waals surface area contributed by atoms with E-state index in [0.29, 0.717) is 17.1 Å². The van der Waals surface area contributed by atoms with Crippen molar-refractivity contribution in [2.75, 3.05) is 10.6 Å². The highest BCUT2D eigenvalue weighted by molar-refractivity contribution is 6.19. The molecule has 4 rings (SSSR count). The van der Waals surface area contributed by atoms with Gasteiger partial charge in [-0.15, -0.1) is 0 Å². The lowest BCUT2D eigenvalue weighted by atomic mass is 10.1. The number of imide groups is 1. The zero-order valence-electron chi connectivity index (χ0n) is 15.2. The number of para-hydroxylation sites is 1. The van der Waals surface area contributed by atoms with Crippen LogP contribution >= 0.6 is 0 Å². The number of carbonyl (C=O) groups is 2. The molecule has 0 saturated carbocycles. The number of nitrogens with two attached hydrogens (primary N) is 1. The number of carbonyl (C=O) groups excluding carboxylic acids is 2. The minimum atomic E-state index is -0.446. The Labute approximate surface area is 161 Å². The van der Waals surface area contributed by atoms with Crippen molar-refractivity contribution >= 4 is 51.1 Å². The number of benzene rings is 2. The summed E-state index contributed by atoms with van der Waals surface area (Å²) in [4.78, 5) is 33.4. The molecule has 6 nitrogen and oxygen atoms in total. The van der Waals surface area contributed by atoms with Crippen LogP contribution in [-0.4, -0.2) is 21.8 Å². The van der Waals surface area contributed by atoms with Gasteiger partial charge in [-0.3, -0.25) is 14.6 Å². The molecule has 6 heteroatoms. The summed E-state index contributed by atoms with van der Waals surface area (Å²) in [7, 11) is 0. The molecular formula is C22H18N4O2. The molecule has 0 atom stereocenters. The monoisotopic (exact) mass is 370 g/mol. The van der Waals surface area contributed by atoms with Gasteiger partial charge in [0.15, 0.2) is 0 Å². The number of amides is 2. The highest BCUT2D eigenvalue weighted by Crippen LogP contribution is 2.25. The summed E-state index contributed by atoms with van der Waals surface area (Å²) in [5.74, 6) is -0.822. The molecule has 0 aliphatic carbocycles. The molecule has 2 aromatic carbocycles. The van der Waals surface area contributed by atoms with Crippen molar-refractivity contribution < 1.29 is 9.59 Å². The molecule has 0 spiro atoms. The molecule has 0 aliphatic heterocycles. The molecule has 3 N–H and O–H groups in total. The van der Waals surface area contributed by atoms with Crippen molar-refractivity contribution in [2.45, 2.75) is 6.92 Å². The largest absolute Gasteiger partial charge is 0.399 e. The van der Waals surface area contributed by atoms with Crippen LogP contribution in [0.15, 0.2) is 66.9 Å². The van der Waals surface area contributed by atoms with E-state index in [9.17, 15) is 9.59 Å². The summed E-state index contributed by atoms with van der Waals surface area (Å²) < 4.78 is 0. The Balaban J connectivity index is 1.65. The van der Waals surface area contributed by atoms with E-state index in [1.807, 2.05) is 30.3 Å². The van der Waals surface area contributed by atoms with Gasteiger partial charge in [-0.1, -0.05) is 18.2 Å². The molecule has 0 aliphatic rings. The minimum Gasteiger partial charge on any atom is -0.399 e. The zero-order chi connectivity index (χ0) is 19.7. The maximum absolute atomic E-state index is 12.6. The Morgan fingerprint density at radius 1 is 1.04 bits per heavy atom. The summed E-state index contributed by atoms with van der Waals surface area (Å²) in [5, 5.41) is 2.12. The van der Waals surface area contributed by atoms with Gasteiger partial charge in [0.25, 0.3) is 5.91 Å². The first-order valence-corrected chi connectivity index (χ1v) is 8.77. The van der Waals surface area contributed by atoms with Crippen LogP contribution in [0.1, 0.15) is 12.6 Å². The van der Waals surface area contributed by atoms with E-state index < -0.39 is 5.91 Å². The number of aromatic amines is 1. The van der Waals surface area contributed by atoms with Crippen LogP contribution in [-0.2, 0) is 9.59 Å². The first-order valence-electron chi connectivity index (χ1n) is 8.77. The second kappa shape index (κ2) is 7.00. The van der Waals surface area contributed by atoms with E-state index >= 15 is 0 Å². The van der Waals surface area contributed by atoms with Gasteiger partial charge in [0.05, 0.1) is 23.1 Å². The second-order valence-electron chi connectivity index (χ2n) is 6.44. The lowest BCUT2D eigenvalue weighted by Gasteiger charge is -2.17.